The molecule has 0 saturated heterocycles. The van der Waals surface area contributed by atoms with Crippen LogP contribution in [0.5, 0.6) is 0 Å². The molecule has 1 atom stereocenters. The number of H-pyrrole nitrogens is 1. The van der Waals surface area contributed by atoms with Crippen molar-refractivity contribution >= 4 is 28.4 Å². The molecule has 1 unspecified atom stereocenters. The summed E-state index contributed by atoms with van der Waals surface area (Å²) in [6.45, 7) is 1.86. The maximum absolute atomic E-state index is 12.9. The fourth-order valence-corrected chi connectivity index (χ4v) is 4.42. The predicted octanol–water partition coefficient (Wildman–Crippen LogP) is 5.14. The Labute approximate surface area is 191 Å². The minimum Gasteiger partial charge on any atom is -0.330 e. The van der Waals surface area contributed by atoms with Crippen LogP contribution in [-0.2, 0) is 9.59 Å². The molecule has 1 aliphatic rings. The third-order valence-corrected chi connectivity index (χ3v) is 6.11. The van der Waals surface area contributed by atoms with Crippen LogP contribution in [0, 0.1) is 0 Å². The second-order valence-corrected chi connectivity index (χ2v) is 8.34. The molecule has 0 aliphatic carbocycles. The summed E-state index contributed by atoms with van der Waals surface area (Å²) in [6, 6.07) is 24.1. The predicted molar refractivity (Wildman–Crippen MR) is 129 cm³/mol. The van der Waals surface area contributed by atoms with Gasteiger partial charge in [-0.25, -0.2) is 0 Å². The molecular formula is C27H24N4O2. The molecule has 0 bridgehead atoms. The number of nitrogens with one attached hydrogen (secondary N) is 3. The highest BCUT2D eigenvalue weighted by Crippen LogP contribution is 2.36. The van der Waals surface area contributed by atoms with Gasteiger partial charge in [0, 0.05) is 29.1 Å². The number of fused-ring (bicyclic) bond motifs is 1. The number of aromatic amines is 1. The molecule has 33 heavy (non-hydrogen) atoms. The molecule has 0 saturated carbocycles. The normalized spacial score (nSPS) is 16.0. The molecule has 3 N–H and O–H groups in total. The van der Waals surface area contributed by atoms with Gasteiger partial charge in [-0.05, 0) is 47.4 Å². The Morgan fingerprint density at radius 1 is 1.03 bits per heavy atom. The molecule has 5 rings (SSSR count). The van der Waals surface area contributed by atoms with E-state index in [0.717, 1.165) is 44.6 Å². The fraction of sp³-hybridized carbons (Fsp3) is 0.148. The lowest BCUT2D eigenvalue weighted by Gasteiger charge is -2.28. The van der Waals surface area contributed by atoms with E-state index in [4.69, 9.17) is 0 Å². The van der Waals surface area contributed by atoms with Crippen LogP contribution < -0.4 is 10.6 Å². The highest BCUT2D eigenvalue weighted by Gasteiger charge is 2.28. The minimum atomic E-state index is -0.134. The number of carbonyl (C=O) groups excluding carboxylic acids is 2. The molecule has 6 nitrogen and oxygen atoms in total. The first-order valence-corrected chi connectivity index (χ1v) is 10.9. The Bertz CT molecular complexity index is 1350. The average Bonchev–Trinajstić information content (AvgIpc) is 3.29. The van der Waals surface area contributed by atoms with Gasteiger partial charge in [-0.2, -0.15) is 5.10 Å². The van der Waals surface area contributed by atoms with E-state index in [1.807, 2.05) is 43.3 Å². The number of amides is 2. The van der Waals surface area contributed by atoms with Gasteiger partial charge in [0.25, 0.3) is 0 Å². The van der Waals surface area contributed by atoms with Crippen LogP contribution in [0.25, 0.3) is 22.0 Å². The molecule has 3 aromatic carbocycles. The highest BCUT2D eigenvalue weighted by molar-refractivity contribution is 5.95. The summed E-state index contributed by atoms with van der Waals surface area (Å²) in [5.41, 5.74) is 6.62. The smallest absolute Gasteiger partial charge is 0.228 e. The molecule has 0 fully saturated rings. The van der Waals surface area contributed by atoms with Crippen molar-refractivity contribution in [3.05, 3.63) is 95.8 Å². The number of allylic oxidation sites excluding steroid dienone is 1. The van der Waals surface area contributed by atoms with E-state index in [1.165, 1.54) is 0 Å². The SMILES string of the molecule is CC1=C(CC(=O)Nc2ccc3[nH]ncc3c2)C(c2ccc(-c3ccccc3)cc2)CC(=O)N1. The maximum Gasteiger partial charge on any atom is 0.228 e. The van der Waals surface area contributed by atoms with Crippen molar-refractivity contribution in [1.29, 1.82) is 0 Å². The van der Waals surface area contributed by atoms with Gasteiger partial charge in [-0.3, -0.25) is 14.7 Å². The number of benzene rings is 3. The Balaban J connectivity index is 1.37. The molecule has 0 spiro atoms. The van der Waals surface area contributed by atoms with Crippen molar-refractivity contribution in [1.82, 2.24) is 15.5 Å². The molecule has 0 radical (unpaired) electrons. The number of anilines is 1. The van der Waals surface area contributed by atoms with Gasteiger partial charge < -0.3 is 10.6 Å². The van der Waals surface area contributed by atoms with E-state index in [1.54, 1.807) is 6.20 Å². The van der Waals surface area contributed by atoms with Gasteiger partial charge in [-0.1, -0.05) is 54.6 Å². The van der Waals surface area contributed by atoms with Gasteiger partial charge in [0.15, 0.2) is 0 Å². The summed E-state index contributed by atoms with van der Waals surface area (Å²) in [5, 5.41) is 13.7. The minimum absolute atomic E-state index is 0.0285. The molecule has 164 valence electrons. The molecule has 2 heterocycles. The third-order valence-electron chi connectivity index (χ3n) is 6.11. The first kappa shape index (κ1) is 20.7. The second kappa shape index (κ2) is 8.74. The van der Waals surface area contributed by atoms with Crippen LogP contribution in [0.4, 0.5) is 5.69 Å². The Morgan fingerprint density at radius 2 is 1.79 bits per heavy atom. The van der Waals surface area contributed by atoms with Crippen molar-refractivity contribution in [2.75, 3.05) is 5.32 Å². The summed E-state index contributed by atoms with van der Waals surface area (Å²) in [4.78, 5) is 25.2. The van der Waals surface area contributed by atoms with E-state index < -0.39 is 0 Å². The maximum atomic E-state index is 12.9. The quantitative estimate of drug-likeness (QED) is 0.405. The molecule has 6 heteroatoms. The summed E-state index contributed by atoms with van der Waals surface area (Å²) in [6.07, 6.45) is 2.26. The van der Waals surface area contributed by atoms with Crippen molar-refractivity contribution in [2.45, 2.75) is 25.7 Å². The molecule has 4 aromatic rings. The third kappa shape index (κ3) is 4.41. The number of nitrogens with zero attached hydrogens (tertiary/aromatic N) is 1. The van der Waals surface area contributed by atoms with Gasteiger partial charge in [0.05, 0.1) is 18.1 Å². The monoisotopic (exact) mass is 436 g/mol. The zero-order valence-corrected chi connectivity index (χ0v) is 18.3. The standard InChI is InChI=1S/C27H24N4O2/c1-17-23(14-27(33)30-22-11-12-25-21(13-22)16-28-31-25)24(15-26(32)29-17)20-9-7-19(8-10-20)18-5-3-2-4-6-18/h2-13,16,24H,14-15H2,1H3,(H,28,31)(H,29,32)(H,30,33). The van der Waals surface area contributed by atoms with Crippen molar-refractivity contribution in [2.24, 2.45) is 0 Å². The number of rotatable bonds is 5. The number of hydrogen-bond donors (Lipinski definition) is 3. The van der Waals surface area contributed by atoms with Gasteiger partial charge in [0.2, 0.25) is 11.8 Å². The lowest BCUT2D eigenvalue weighted by molar-refractivity contribution is -0.121. The van der Waals surface area contributed by atoms with E-state index in [0.29, 0.717) is 6.42 Å². The molecule has 1 aliphatic heterocycles. The zero-order valence-electron chi connectivity index (χ0n) is 18.3. The lowest BCUT2D eigenvalue weighted by atomic mass is 9.82. The van der Waals surface area contributed by atoms with Crippen LogP contribution in [0.2, 0.25) is 0 Å². The topological polar surface area (TPSA) is 86.9 Å². The average molecular weight is 437 g/mol. The fourth-order valence-electron chi connectivity index (χ4n) is 4.42. The molecular weight excluding hydrogens is 412 g/mol. The first-order chi connectivity index (χ1) is 16.1. The van der Waals surface area contributed by atoms with Crippen LogP contribution >= 0.6 is 0 Å². The summed E-state index contributed by atoms with van der Waals surface area (Å²) < 4.78 is 0. The van der Waals surface area contributed by atoms with Crippen LogP contribution in [-0.4, -0.2) is 22.0 Å². The number of carbonyl (C=O) groups is 2. The highest BCUT2D eigenvalue weighted by atomic mass is 16.2. The van der Waals surface area contributed by atoms with Gasteiger partial charge in [-0.15, -0.1) is 0 Å². The Hall–Kier alpha value is -4.19. The van der Waals surface area contributed by atoms with Gasteiger partial charge >= 0.3 is 0 Å². The van der Waals surface area contributed by atoms with Crippen molar-refractivity contribution in [3.63, 3.8) is 0 Å². The van der Waals surface area contributed by atoms with Crippen LogP contribution in [0.1, 0.15) is 31.2 Å². The van der Waals surface area contributed by atoms with Crippen LogP contribution in [0.15, 0.2) is 90.3 Å². The van der Waals surface area contributed by atoms with Crippen molar-refractivity contribution < 1.29 is 9.59 Å². The van der Waals surface area contributed by atoms with E-state index in [-0.39, 0.29) is 24.2 Å². The molecule has 2 amide bonds. The Kier molecular flexibility index (Phi) is 5.48. The van der Waals surface area contributed by atoms with Crippen molar-refractivity contribution in [3.8, 4) is 11.1 Å². The summed E-state index contributed by atoms with van der Waals surface area (Å²) in [7, 11) is 0. The molecule has 1 aromatic heterocycles. The Morgan fingerprint density at radius 3 is 2.58 bits per heavy atom. The number of aromatic nitrogens is 2. The van der Waals surface area contributed by atoms with E-state index in [9.17, 15) is 9.59 Å². The van der Waals surface area contributed by atoms with E-state index >= 15 is 0 Å². The van der Waals surface area contributed by atoms with E-state index in [2.05, 4.69) is 57.2 Å². The summed E-state index contributed by atoms with van der Waals surface area (Å²) >= 11 is 0. The van der Waals surface area contributed by atoms with Gasteiger partial charge in [0.1, 0.15) is 0 Å². The number of hydrogen-bond acceptors (Lipinski definition) is 3. The second-order valence-electron chi connectivity index (χ2n) is 8.34. The zero-order chi connectivity index (χ0) is 22.8. The lowest BCUT2D eigenvalue weighted by Crippen LogP contribution is -2.32. The summed E-state index contributed by atoms with van der Waals surface area (Å²) in [5.74, 6) is -0.279. The first-order valence-electron chi connectivity index (χ1n) is 10.9. The van der Waals surface area contributed by atoms with Crippen LogP contribution in [0.3, 0.4) is 0 Å². The largest absolute Gasteiger partial charge is 0.330 e.